The second-order valence-electron chi connectivity index (χ2n) is 4.81. The molecule has 0 aliphatic rings. The first-order chi connectivity index (χ1) is 10.6. The molecule has 3 rings (SSSR count). The second kappa shape index (κ2) is 5.40. The average Bonchev–Trinajstić information content (AvgIpc) is 2.57. The molecule has 0 bridgehead atoms. The molecule has 0 aliphatic carbocycles. The number of fused-ring (bicyclic) bond motifs is 1. The van der Waals surface area contributed by atoms with Gasteiger partial charge >= 0.3 is 11.4 Å². The molecule has 0 fully saturated rings. The van der Waals surface area contributed by atoms with Crippen molar-refractivity contribution in [3.05, 3.63) is 69.7 Å². The predicted molar refractivity (Wildman–Crippen MR) is 80.9 cm³/mol. The van der Waals surface area contributed by atoms with Crippen LogP contribution in [0.25, 0.3) is 11.0 Å². The molecule has 0 unspecified atom stereocenters. The Labute approximate surface area is 126 Å². The van der Waals surface area contributed by atoms with Crippen molar-refractivity contribution in [3.8, 4) is 11.6 Å². The van der Waals surface area contributed by atoms with E-state index in [9.17, 15) is 15.1 Å². The van der Waals surface area contributed by atoms with Gasteiger partial charge in [-0.15, -0.1) is 4.73 Å². The Morgan fingerprint density at radius 2 is 1.86 bits per heavy atom. The highest BCUT2D eigenvalue weighted by Crippen LogP contribution is 2.20. The summed E-state index contributed by atoms with van der Waals surface area (Å²) >= 11 is 0. The van der Waals surface area contributed by atoms with Crippen molar-refractivity contribution in [2.75, 3.05) is 7.11 Å². The van der Waals surface area contributed by atoms with E-state index in [4.69, 9.17) is 4.74 Å². The topological polar surface area (TPSA) is 78.4 Å². The van der Waals surface area contributed by atoms with Crippen LogP contribution in [0.3, 0.4) is 0 Å². The Kier molecular flexibility index (Phi) is 3.42. The molecule has 1 aromatic heterocycles. The molecule has 6 heteroatoms. The summed E-state index contributed by atoms with van der Waals surface area (Å²) in [4.78, 5) is 12.3. The van der Waals surface area contributed by atoms with E-state index in [1.165, 1.54) is 4.57 Å². The zero-order valence-electron chi connectivity index (χ0n) is 11.9. The molecule has 0 saturated heterocycles. The van der Waals surface area contributed by atoms with Crippen LogP contribution >= 0.6 is 0 Å². The first kappa shape index (κ1) is 13.9. The molecule has 0 aliphatic heterocycles. The zero-order chi connectivity index (χ0) is 15.7. The van der Waals surface area contributed by atoms with Crippen molar-refractivity contribution in [2.24, 2.45) is 0 Å². The third-order valence-corrected chi connectivity index (χ3v) is 3.54. The number of rotatable bonds is 3. The van der Waals surface area contributed by atoms with Gasteiger partial charge in [0, 0.05) is 11.6 Å². The lowest BCUT2D eigenvalue weighted by atomic mass is 10.2. The van der Waals surface area contributed by atoms with E-state index in [2.05, 4.69) is 0 Å². The summed E-state index contributed by atoms with van der Waals surface area (Å²) in [5.74, 6) is -0.203. The van der Waals surface area contributed by atoms with Crippen LogP contribution in [0.15, 0.2) is 53.3 Å². The van der Waals surface area contributed by atoms with Crippen LogP contribution in [0.2, 0.25) is 0 Å². The summed E-state index contributed by atoms with van der Waals surface area (Å²) < 4.78 is 6.88. The number of hydrogen-bond donors (Lipinski definition) is 1. The van der Waals surface area contributed by atoms with Gasteiger partial charge in [0.2, 0.25) is 5.52 Å². The molecule has 1 N–H and O–H groups in total. The quantitative estimate of drug-likeness (QED) is 0.585. The minimum atomic E-state index is -0.839. The fourth-order valence-corrected chi connectivity index (χ4v) is 2.46. The van der Waals surface area contributed by atoms with Gasteiger partial charge in [-0.05, 0) is 12.1 Å². The van der Waals surface area contributed by atoms with E-state index >= 15 is 0 Å². The minimum Gasteiger partial charge on any atom is -0.615 e. The minimum absolute atomic E-state index is 0.192. The van der Waals surface area contributed by atoms with Crippen LogP contribution in [0, 0.1) is 5.21 Å². The molecule has 2 aromatic carbocycles. The van der Waals surface area contributed by atoms with Crippen LogP contribution < -0.4 is 15.0 Å². The van der Waals surface area contributed by atoms with E-state index in [-0.39, 0.29) is 16.8 Å². The van der Waals surface area contributed by atoms with E-state index in [1.807, 2.05) is 18.2 Å². The molecule has 1 heterocycles. The van der Waals surface area contributed by atoms with Gasteiger partial charge in [-0.25, -0.2) is 0 Å². The predicted octanol–water partition coefficient (Wildman–Crippen LogP) is 1.40. The third kappa shape index (κ3) is 2.14. The Hall–Kier alpha value is -3.02. The van der Waals surface area contributed by atoms with Gasteiger partial charge in [0.05, 0.1) is 13.7 Å². The third-order valence-electron chi connectivity index (χ3n) is 3.54. The van der Waals surface area contributed by atoms with Crippen molar-refractivity contribution >= 4 is 11.0 Å². The highest BCUT2D eigenvalue weighted by Gasteiger charge is 2.20. The molecule has 0 atom stereocenters. The molecule has 3 aromatic rings. The standard InChI is InChI=1S/C16H14N2O4/c1-22-14-9-5-2-6-11(14)10-17-12-7-3-4-8-13(12)18(21)16(20)15(17)19/h2-9,20H,10H2,1H3. The van der Waals surface area contributed by atoms with Gasteiger partial charge in [-0.3, -0.25) is 9.36 Å². The van der Waals surface area contributed by atoms with Crippen molar-refractivity contribution in [1.29, 1.82) is 0 Å². The molecule has 0 spiro atoms. The molecular formula is C16H14N2O4. The largest absolute Gasteiger partial charge is 0.615 e. The molecule has 22 heavy (non-hydrogen) atoms. The van der Waals surface area contributed by atoms with Crippen LogP contribution in [0.5, 0.6) is 11.6 Å². The number of hydrogen-bond acceptors (Lipinski definition) is 4. The van der Waals surface area contributed by atoms with E-state index in [0.717, 1.165) is 5.56 Å². The van der Waals surface area contributed by atoms with Crippen LogP contribution in [0.4, 0.5) is 0 Å². The molecule has 0 amide bonds. The number of nitrogens with zero attached hydrogens (tertiary/aromatic N) is 2. The molecule has 112 valence electrons. The molecular weight excluding hydrogens is 284 g/mol. The van der Waals surface area contributed by atoms with Gasteiger partial charge in [0.15, 0.2) is 0 Å². The normalized spacial score (nSPS) is 10.8. The smallest absolute Gasteiger partial charge is 0.445 e. The van der Waals surface area contributed by atoms with Gasteiger partial charge in [0.25, 0.3) is 0 Å². The van der Waals surface area contributed by atoms with Gasteiger partial charge < -0.3 is 15.1 Å². The molecule has 0 radical (unpaired) electrons. The summed E-state index contributed by atoms with van der Waals surface area (Å²) in [7, 11) is 1.55. The first-order valence-corrected chi connectivity index (χ1v) is 6.69. The molecule has 6 nitrogen and oxygen atoms in total. The lowest BCUT2D eigenvalue weighted by Gasteiger charge is -2.13. The highest BCUT2D eigenvalue weighted by atomic mass is 16.5. The van der Waals surface area contributed by atoms with Crippen LogP contribution in [-0.4, -0.2) is 16.8 Å². The average molecular weight is 298 g/mol. The number of methoxy groups -OCH3 is 1. The summed E-state index contributed by atoms with van der Waals surface area (Å²) in [5.41, 5.74) is 0.723. The Morgan fingerprint density at radius 3 is 2.64 bits per heavy atom. The number of benzene rings is 2. The number of aromatic hydroxyl groups is 1. The number of ether oxygens (including phenoxy) is 1. The van der Waals surface area contributed by atoms with Crippen molar-refractivity contribution in [2.45, 2.75) is 6.54 Å². The fourth-order valence-electron chi connectivity index (χ4n) is 2.46. The number of para-hydroxylation sites is 3. The Bertz CT molecular complexity index is 902. The van der Waals surface area contributed by atoms with Crippen LogP contribution in [-0.2, 0) is 6.54 Å². The summed E-state index contributed by atoms with van der Waals surface area (Å²) in [6.07, 6.45) is 0. The Morgan fingerprint density at radius 1 is 1.18 bits per heavy atom. The summed E-state index contributed by atoms with van der Waals surface area (Å²) in [5, 5.41) is 21.7. The van der Waals surface area contributed by atoms with E-state index in [1.54, 1.807) is 37.4 Å². The summed E-state index contributed by atoms with van der Waals surface area (Å²) in [6, 6.07) is 13.9. The number of aromatic nitrogens is 2. The van der Waals surface area contributed by atoms with Crippen molar-refractivity contribution in [3.63, 3.8) is 0 Å². The zero-order valence-corrected chi connectivity index (χ0v) is 11.9. The highest BCUT2D eigenvalue weighted by molar-refractivity contribution is 5.71. The first-order valence-electron chi connectivity index (χ1n) is 6.69. The lowest BCUT2D eigenvalue weighted by molar-refractivity contribution is -0.587. The van der Waals surface area contributed by atoms with Crippen molar-refractivity contribution in [1.82, 2.24) is 4.57 Å². The van der Waals surface area contributed by atoms with Crippen molar-refractivity contribution < 1.29 is 14.6 Å². The monoisotopic (exact) mass is 298 g/mol. The molecule has 0 saturated carbocycles. The fraction of sp³-hybridized carbons (Fsp3) is 0.125. The summed E-state index contributed by atoms with van der Waals surface area (Å²) in [6.45, 7) is 0.192. The second-order valence-corrected chi connectivity index (χ2v) is 4.81. The maximum atomic E-state index is 12.3. The lowest BCUT2D eigenvalue weighted by Crippen LogP contribution is -2.37. The van der Waals surface area contributed by atoms with E-state index < -0.39 is 11.4 Å². The SMILES string of the molecule is COc1ccccc1Cn1c(=O)c(O)[n+]([O-])c2ccccc21. The van der Waals surface area contributed by atoms with Gasteiger partial charge in [0.1, 0.15) is 11.3 Å². The van der Waals surface area contributed by atoms with Crippen LogP contribution in [0.1, 0.15) is 5.56 Å². The van der Waals surface area contributed by atoms with Gasteiger partial charge in [-0.1, -0.05) is 30.3 Å². The Balaban J connectivity index is 2.25. The maximum Gasteiger partial charge on any atom is 0.445 e. The maximum absolute atomic E-state index is 12.3. The van der Waals surface area contributed by atoms with E-state index in [0.29, 0.717) is 11.3 Å². The van der Waals surface area contributed by atoms with Gasteiger partial charge in [-0.2, -0.15) is 0 Å².